The third-order valence-electron chi connectivity index (χ3n) is 1.84. The van der Waals surface area contributed by atoms with E-state index in [1.165, 1.54) is 0 Å². The maximum Gasteiger partial charge on any atom is 0.119 e. The highest BCUT2D eigenvalue weighted by Gasteiger charge is 1.95. The van der Waals surface area contributed by atoms with Crippen molar-refractivity contribution in [3.63, 3.8) is 0 Å². The summed E-state index contributed by atoms with van der Waals surface area (Å²) < 4.78 is 6.86. The van der Waals surface area contributed by atoms with Crippen molar-refractivity contribution < 1.29 is 4.74 Å². The quantitative estimate of drug-likeness (QED) is 0.711. The molecule has 1 heterocycles. The van der Waals surface area contributed by atoms with Crippen molar-refractivity contribution in [2.24, 2.45) is 0 Å². The molecule has 0 aliphatic heterocycles. The Kier molecular flexibility index (Phi) is 15.2. The minimum atomic E-state index is 0.857. The highest BCUT2D eigenvalue weighted by atomic mass is 16.5. The van der Waals surface area contributed by atoms with Crippen LogP contribution in [0.5, 0.6) is 5.75 Å². The van der Waals surface area contributed by atoms with Crippen LogP contribution in [0.2, 0.25) is 0 Å². The van der Waals surface area contributed by atoms with E-state index in [9.17, 15) is 0 Å². The summed E-state index contributed by atoms with van der Waals surface area (Å²) in [7, 11) is 1.66. The van der Waals surface area contributed by atoms with Gasteiger partial charge in [-0.1, -0.05) is 33.8 Å². The van der Waals surface area contributed by atoms with Crippen LogP contribution in [0, 0.1) is 0 Å². The molecular formula is C17H28N2O. The second-order valence-corrected chi connectivity index (χ2v) is 3.06. The molecule has 112 valence electrons. The second-order valence-electron chi connectivity index (χ2n) is 3.06. The standard InChI is InChI=1S/C10H10N2O.C3H6.2C2H6/c1-13-10-5-3-9(4-6-10)12-8-2-7-11-12;1-3-2;2*1-2/h2-8H,1H3;3H,1H2,2H3;2*1-2H3. The number of aromatic nitrogens is 2. The minimum Gasteiger partial charge on any atom is -0.497 e. The van der Waals surface area contributed by atoms with Gasteiger partial charge in [0.15, 0.2) is 0 Å². The first kappa shape index (κ1) is 20.3. The van der Waals surface area contributed by atoms with Gasteiger partial charge in [-0.2, -0.15) is 5.10 Å². The fraction of sp³-hybridized carbons (Fsp3) is 0.353. The van der Waals surface area contributed by atoms with Crippen LogP contribution in [0.15, 0.2) is 55.4 Å². The molecule has 0 unspecified atom stereocenters. The van der Waals surface area contributed by atoms with Crippen LogP contribution in [0.1, 0.15) is 34.6 Å². The molecule has 0 spiro atoms. The smallest absolute Gasteiger partial charge is 0.119 e. The summed E-state index contributed by atoms with van der Waals surface area (Å²) >= 11 is 0. The highest BCUT2D eigenvalue weighted by Crippen LogP contribution is 2.13. The molecule has 0 saturated carbocycles. The molecule has 3 nitrogen and oxygen atoms in total. The van der Waals surface area contributed by atoms with Gasteiger partial charge in [-0.15, -0.1) is 6.58 Å². The van der Waals surface area contributed by atoms with Crippen LogP contribution in [0.25, 0.3) is 5.69 Å². The largest absolute Gasteiger partial charge is 0.497 e. The van der Waals surface area contributed by atoms with E-state index in [1.54, 1.807) is 24.1 Å². The zero-order valence-corrected chi connectivity index (χ0v) is 13.6. The predicted molar refractivity (Wildman–Crippen MR) is 88.7 cm³/mol. The molecule has 0 fully saturated rings. The molecule has 0 aliphatic rings. The van der Waals surface area contributed by atoms with Crippen LogP contribution >= 0.6 is 0 Å². The lowest BCUT2D eigenvalue weighted by molar-refractivity contribution is 0.414. The van der Waals surface area contributed by atoms with Gasteiger partial charge in [0.1, 0.15) is 5.75 Å². The SMILES string of the molecule is C=CC.CC.CC.COc1ccc(-n2cccn2)cc1. The molecule has 0 aliphatic carbocycles. The topological polar surface area (TPSA) is 27.1 Å². The Labute approximate surface area is 123 Å². The molecule has 0 radical (unpaired) electrons. The zero-order valence-electron chi connectivity index (χ0n) is 13.6. The predicted octanol–water partition coefficient (Wildman–Crippen LogP) is 5.13. The minimum absolute atomic E-state index is 0.857. The average molecular weight is 276 g/mol. The van der Waals surface area contributed by atoms with Gasteiger partial charge >= 0.3 is 0 Å². The molecule has 0 amide bonds. The van der Waals surface area contributed by atoms with Crippen molar-refractivity contribution in [1.29, 1.82) is 0 Å². The van der Waals surface area contributed by atoms with Gasteiger partial charge < -0.3 is 4.74 Å². The molecular weight excluding hydrogens is 248 g/mol. The molecule has 1 aromatic heterocycles. The van der Waals surface area contributed by atoms with Crippen molar-refractivity contribution in [1.82, 2.24) is 9.78 Å². The maximum atomic E-state index is 5.06. The Morgan fingerprint density at radius 1 is 1.10 bits per heavy atom. The number of benzene rings is 1. The molecule has 20 heavy (non-hydrogen) atoms. The van der Waals surface area contributed by atoms with E-state index < -0.39 is 0 Å². The van der Waals surface area contributed by atoms with E-state index in [-0.39, 0.29) is 0 Å². The Morgan fingerprint density at radius 2 is 1.60 bits per heavy atom. The molecule has 0 bridgehead atoms. The van der Waals surface area contributed by atoms with Gasteiger partial charge in [-0.25, -0.2) is 4.68 Å². The van der Waals surface area contributed by atoms with Crippen LogP contribution in [0.3, 0.4) is 0 Å². The number of allylic oxidation sites excluding steroid dienone is 1. The van der Waals surface area contributed by atoms with E-state index in [2.05, 4.69) is 11.7 Å². The van der Waals surface area contributed by atoms with E-state index in [1.807, 2.05) is 71.1 Å². The van der Waals surface area contributed by atoms with Gasteiger partial charge in [-0.3, -0.25) is 0 Å². The van der Waals surface area contributed by atoms with E-state index >= 15 is 0 Å². The summed E-state index contributed by atoms with van der Waals surface area (Å²) in [5.74, 6) is 0.857. The average Bonchev–Trinajstić information content (AvgIpc) is 3.07. The number of nitrogens with zero attached hydrogens (tertiary/aromatic N) is 2. The third kappa shape index (κ3) is 8.14. The molecule has 0 atom stereocenters. The molecule has 0 saturated heterocycles. The van der Waals surface area contributed by atoms with Crippen LogP contribution in [-0.2, 0) is 0 Å². The lowest BCUT2D eigenvalue weighted by atomic mass is 10.3. The number of hydrogen-bond acceptors (Lipinski definition) is 2. The molecule has 0 N–H and O–H groups in total. The lowest BCUT2D eigenvalue weighted by Gasteiger charge is -2.02. The summed E-state index contributed by atoms with van der Waals surface area (Å²) in [6.45, 7) is 13.2. The summed E-state index contributed by atoms with van der Waals surface area (Å²) in [6.07, 6.45) is 5.41. The molecule has 2 rings (SSSR count). The number of ether oxygens (including phenoxy) is 1. The Bertz CT molecular complexity index is 405. The summed E-state index contributed by atoms with van der Waals surface area (Å²) in [6, 6.07) is 9.65. The van der Waals surface area contributed by atoms with Crippen LogP contribution in [0.4, 0.5) is 0 Å². The normalized spacial score (nSPS) is 7.70. The van der Waals surface area contributed by atoms with Gasteiger partial charge in [0, 0.05) is 12.4 Å². The maximum absolute atomic E-state index is 5.06. The first-order valence-electron chi connectivity index (χ1n) is 7.03. The lowest BCUT2D eigenvalue weighted by Crippen LogP contribution is -1.93. The monoisotopic (exact) mass is 276 g/mol. The zero-order chi connectivity index (χ0) is 15.8. The van der Waals surface area contributed by atoms with E-state index in [0.717, 1.165) is 11.4 Å². The fourth-order valence-electron chi connectivity index (χ4n) is 1.16. The van der Waals surface area contributed by atoms with Crippen molar-refractivity contribution in [3.05, 3.63) is 55.4 Å². The number of rotatable bonds is 2. The molecule has 2 aromatic rings. The Morgan fingerprint density at radius 3 is 1.95 bits per heavy atom. The van der Waals surface area contributed by atoms with Crippen LogP contribution in [-0.4, -0.2) is 16.9 Å². The van der Waals surface area contributed by atoms with Gasteiger partial charge in [0.25, 0.3) is 0 Å². The highest BCUT2D eigenvalue weighted by molar-refractivity contribution is 5.36. The third-order valence-corrected chi connectivity index (χ3v) is 1.84. The van der Waals surface area contributed by atoms with Crippen molar-refractivity contribution in [3.8, 4) is 11.4 Å². The van der Waals surface area contributed by atoms with Crippen molar-refractivity contribution in [2.45, 2.75) is 34.6 Å². The van der Waals surface area contributed by atoms with Gasteiger partial charge in [-0.05, 0) is 37.3 Å². The first-order chi connectivity index (χ1) is 9.81. The van der Waals surface area contributed by atoms with E-state index in [4.69, 9.17) is 4.74 Å². The first-order valence-corrected chi connectivity index (χ1v) is 7.03. The summed E-state index contributed by atoms with van der Waals surface area (Å²) in [5.41, 5.74) is 1.03. The Hall–Kier alpha value is -2.03. The van der Waals surface area contributed by atoms with Gasteiger partial charge in [0.05, 0.1) is 12.8 Å². The van der Waals surface area contributed by atoms with Crippen molar-refractivity contribution >= 4 is 0 Å². The molecule has 1 aromatic carbocycles. The van der Waals surface area contributed by atoms with E-state index in [0.29, 0.717) is 0 Å². The summed E-state index contributed by atoms with van der Waals surface area (Å²) in [5, 5.41) is 4.12. The Balaban J connectivity index is 0. The van der Waals surface area contributed by atoms with Gasteiger partial charge in [0.2, 0.25) is 0 Å². The number of methoxy groups -OCH3 is 1. The number of hydrogen-bond donors (Lipinski definition) is 0. The fourth-order valence-corrected chi connectivity index (χ4v) is 1.16. The van der Waals surface area contributed by atoms with Crippen molar-refractivity contribution in [2.75, 3.05) is 7.11 Å². The molecule has 3 heteroatoms. The summed E-state index contributed by atoms with van der Waals surface area (Å²) in [4.78, 5) is 0. The van der Waals surface area contributed by atoms with Crippen LogP contribution < -0.4 is 4.74 Å². The second kappa shape index (κ2) is 15.0.